The second-order valence-corrected chi connectivity index (χ2v) is 8.26. The second-order valence-electron chi connectivity index (χ2n) is 6.50. The van der Waals surface area contributed by atoms with Gasteiger partial charge in [0.2, 0.25) is 15.9 Å². The van der Waals surface area contributed by atoms with Gasteiger partial charge in [-0.05, 0) is 37.6 Å². The fourth-order valence-electron chi connectivity index (χ4n) is 2.85. The average molecular weight is 374 g/mol. The van der Waals surface area contributed by atoms with Crippen LogP contribution in [0.5, 0.6) is 5.75 Å². The predicted molar refractivity (Wildman–Crippen MR) is 99.8 cm³/mol. The van der Waals surface area contributed by atoms with Crippen LogP contribution in [0.1, 0.15) is 25.0 Å². The molecule has 1 atom stereocenters. The summed E-state index contributed by atoms with van der Waals surface area (Å²) in [5.41, 5.74) is 2.47. The van der Waals surface area contributed by atoms with E-state index in [2.05, 4.69) is 4.72 Å². The number of carbonyl (C=O) groups is 1. The minimum absolute atomic E-state index is 0.104. The molecule has 1 N–H and O–H groups in total. The van der Waals surface area contributed by atoms with Gasteiger partial charge in [0.05, 0.1) is 17.1 Å². The summed E-state index contributed by atoms with van der Waals surface area (Å²) in [5, 5.41) is 0. The van der Waals surface area contributed by atoms with Crippen molar-refractivity contribution in [1.29, 1.82) is 0 Å². The van der Waals surface area contributed by atoms with Gasteiger partial charge in [0.15, 0.2) is 0 Å². The Morgan fingerprint density at radius 2 is 1.92 bits per heavy atom. The summed E-state index contributed by atoms with van der Waals surface area (Å²) in [4.78, 5) is 13.6. The summed E-state index contributed by atoms with van der Waals surface area (Å²) in [6, 6.07) is 12.2. The van der Waals surface area contributed by atoms with Crippen LogP contribution in [-0.2, 0) is 21.4 Å². The van der Waals surface area contributed by atoms with E-state index >= 15 is 0 Å². The van der Waals surface area contributed by atoms with E-state index in [-0.39, 0.29) is 23.5 Å². The second kappa shape index (κ2) is 7.09. The number of hydrogen-bond acceptors (Lipinski definition) is 4. The number of nitrogens with one attached hydrogen (secondary N) is 1. The van der Waals surface area contributed by atoms with Crippen molar-refractivity contribution in [3.05, 3.63) is 53.6 Å². The van der Waals surface area contributed by atoms with Crippen molar-refractivity contribution in [1.82, 2.24) is 4.72 Å². The lowest BCUT2D eigenvalue weighted by atomic mass is 10.2. The Morgan fingerprint density at radius 3 is 2.58 bits per heavy atom. The molecule has 0 bridgehead atoms. The lowest BCUT2D eigenvalue weighted by Crippen LogP contribution is -2.41. The number of fused-ring (bicyclic) bond motifs is 1. The van der Waals surface area contributed by atoms with Gasteiger partial charge in [0, 0.05) is 13.5 Å². The molecule has 2 aromatic carbocycles. The van der Waals surface area contributed by atoms with Gasteiger partial charge in [0.1, 0.15) is 11.9 Å². The highest BCUT2D eigenvalue weighted by molar-refractivity contribution is 7.89. The zero-order valence-corrected chi connectivity index (χ0v) is 15.8. The van der Waals surface area contributed by atoms with E-state index in [1.807, 2.05) is 38.1 Å². The number of rotatable bonds is 4. The average Bonchev–Trinajstić information content (AvgIpc) is 2.60. The van der Waals surface area contributed by atoms with Crippen molar-refractivity contribution >= 4 is 21.6 Å². The Labute approximate surface area is 153 Å². The van der Waals surface area contributed by atoms with Crippen molar-refractivity contribution in [2.75, 3.05) is 11.4 Å². The lowest BCUT2D eigenvalue weighted by Gasteiger charge is -2.33. The van der Waals surface area contributed by atoms with Crippen LogP contribution in [-0.4, -0.2) is 27.0 Å². The number of carbonyl (C=O) groups excluding carboxylic acids is 1. The van der Waals surface area contributed by atoms with E-state index < -0.39 is 10.0 Å². The van der Waals surface area contributed by atoms with Crippen molar-refractivity contribution in [3.8, 4) is 5.75 Å². The molecule has 1 unspecified atom stereocenters. The van der Waals surface area contributed by atoms with Gasteiger partial charge in [-0.2, -0.15) is 0 Å². The first-order valence-electron chi connectivity index (χ1n) is 8.40. The van der Waals surface area contributed by atoms with Crippen molar-refractivity contribution in [2.45, 2.75) is 38.3 Å². The summed E-state index contributed by atoms with van der Waals surface area (Å²) in [7, 11) is -3.71. The Balaban J connectivity index is 1.85. The van der Waals surface area contributed by atoms with Crippen LogP contribution in [0.4, 0.5) is 5.69 Å². The molecule has 0 aromatic heterocycles. The summed E-state index contributed by atoms with van der Waals surface area (Å²) in [6.07, 6.45) is -0.145. The van der Waals surface area contributed by atoms with Crippen LogP contribution in [0.2, 0.25) is 0 Å². The number of amides is 1. The number of nitrogens with zero attached hydrogens (tertiary/aromatic N) is 1. The fraction of sp³-hybridized carbons (Fsp3) is 0.316. The monoisotopic (exact) mass is 374 g/mol. The van der Waals surface area contributed by atoms with Crippen molar-refractivity contribution in [3.63, 3.8) is 0 Å². The number of sulfonamides is 1. The zero-order chi connectivity index (χ0) is 18.9. The van der Waals surface area contributed by atoms with E-state index in [4.69, 9.17) is 4.74 Å². The molecule has 26 heavy (non-hydrogen) atoms. The number of benzene rings is 2. The highest BCUT2D eigenvalue weighted by Gasteiger charge is 2.27. The summed E-state index contributed by atoms with van der Waals surface area (Å²) >= 11 is 0. The molecule has 1 aliphatic rings. The maximum absolute atomic E-state index is 12.6. The highest BCUT2D eigenvalue weighted by Crippen LogP contribution is 2.35. The van der Waals surface area contributed by atoms with Crippen LogP contribution in [0, 0.1) is 6.92 Å². The van der Waals surface area contributed by atoms with Gasteiger partial charge in [-0.15, -0.1) is 0 Å². The van der Waals surface area contributed by atoms with Gasteiger partial charge in [-0.25, -0.2) is 13.1 Å². The summed E-state index contributed by atoms with van der Waals surface area (Å²) in [5.74, 6) is 0.361. The largest absolute Gasteiger partial charge is 0.487 e. The number of hydrogen-bond donors (Lipinski definition) is 1. The molecule has 7 heteroatoms. The molecule has 0 radical (unpaired) electrons. The van der Waals surface area contributed by atoms with Gasteiger partial charge in [-0.1, -0.05) is 29.8 Å². The first-order valence-corrected chi connectivity index (χ1v) is 9.88. The SMILES string of the molecule is CC(=O)N1CC(C)Oc2ccc(S(=O)(=O)NCc3ccc(C)cc3)cc21. The normalized spacial score (nSPS) is 16.7. The molecule has 0 fully saturated rings. The van der Waals surface area contributed by atoms with Gasteiger partial charge < -0.3 is 9.64 Å². The molecular weight excluding hydrogens is 352 g/mol. The smallest absolute Gasteiger partial charge is 0.240 e. The fourth-order valence-corrected chi connectivity index (χ4v) is 3.89. The van der Waals surface area contributed by atoms with Crippen LogP contribution >= 0.6 is 0 Å². The number of anilines is 1. The first-order chi connectivity index (χ1) is 12.3. The molecule has 138 valence electrons. The number of aryl methyl sites for hydroxylation is 1. The predicted octanol–water partition coefficient (Wildman–Crippen LogP) is 2.61. The topological polar surface area (TPSA) is 75.7 Å². The van der Waals surface area contributed by atoms with E-state index in [0.29, 0.717) is 18.0 Å². The molecule has 0 saturated carbocycles. The quantitative estimate of drug-likeness (QED) is 0.893. The summed E-state index contributed by atoms with van der Waals surface area (Å²) in [6.45, 7) is 5.89. The maximum Gasteiger partial charge on any atom is 0.240 e. The van der Waals surface area contributed by atoms with Gasteiger partial charge in [0.25, 0.3) is 0 Å². The summed E-state index contributed by atoms with van der Waals surface area (Å²) < 4.78 is 33.6. The first kappa shape index (κ1) is 18.4. The molecule has 2 aromatic rings. The van der Waals surface area contributed by atoms with E-state index in [1.165, 1.54) is 19.1 Å². The standard InChI is InChI=1S/C19H22N2O4S/c1-13-4-6-16(7-5-13)11-20-26(23,24)17-8-9-19-18(10-17)21(15(3)22)12-14(2)25-19/h4-10,14,20H,11-12H2,1-3H3. The minimum Gasteiger partial charge on any atom is -0.487 e. The third-order valence-electron chi connectivity index (χ3n) is 4.27. The Hall–Kier alpha value is -2.38. The maximum atomic E-state index is 12.6. The Morgan fingerprint density at radius 1 is 1.23 bits per heavy atom. The van der Waals surface area contributed by atoms with Crippen LogP contribution in [0.25, 0.3) is 0 Å². The van der Waals surface area contributed by atoms with E-state index in [9.17, 15) is 13.2 Å². The molecular formula is C19H22N2O4S. The Bertz CT molecular complexity index is 923. The molecule has 3 rings (SSSR count). The third-order valence-corrected chi connectivity index (χ3v) is 5.67. The van der Waals surface area contributed by atoms with E-state index in [0.717, 1.165) is 11.1 Å². The molecule has 0 spiro atoms. The number of ether oxygens (including phenoxy) is 1. The van der Waals surface area contributed by atoms with E-state index in [1.54, 1.807) is 11.0 Å². The van der Waals surface area contributed by atoms with Crippen LogP contribution in [0.3, 0.4) is 0 Å². The molecule has 1 amide bonds. The molecule has 0 saturated heterocycles. The lowest BCUT2D eigenvalue weighted by molar-refractivity contribution is -0.117. The van der Waals surface area contributed by atoms with Crippen molar-refractivity contribution in [2.24, 2.45) is 0 Å². The highest BCUT2D eigenvalue weighted by atomic mass is 32.2. The third kappa shape index (κ3) is 3.89. The molecule has 1 heterocycles. The minimum atomic E-state index is -3.71. The van der Waals surface area contributed by atoms with Gasteiger partial charge in [-0.3, -0.25) is 4.79 Å². The van der Waals surface area contributed by atoms with Crippen molar-refractivity contribution < 1.29 is 17.9 Å². The van der Waals surface area contributed by atoms with Gasteiger partial charge >= 0.3 is 0 Å². The Kier molecular flexibility index (Phi) is 5.02. The van der Waals surface area contributed by atoms with Crippen LogP contribution in [0.15, 0.2) is 47.4 Å². The zero-order valence-electron chi connectivity index (χ0n) is 15.0. The molecule has 1 aliphatic heterocycles. The molecule has 0 aliphatic carbocycles. The molecule has 6 nitrogen and oxygen atoms in total. The van der Waals surface area contributed by atoms with Crippen LogP contribution < -0.4 is 14.4 Å².